The average molecular weight is 277 g/mol. The zero-order valence-corrected chi connectivity index (χ0v) is 12.3. The summed E-state index contributed by atoms with van der Waals surface area (Å²) < 4.78 is 5.22. The summed E-state index contributed by atoms with van der Waals surface area (Å²) in [7, 11) is 1.60. The Hall–Kier alpha value is -1.59. The van der Waals surface area contributed by atoms with Crippen LogP contribution >= 0.6 is 0 Å². The summed E-state index contributed by atoms with van der Waals surface area (Å²) in [5.41, 5.74) is 0. The lowest BCUT2D eigenvalue weighted by Crippen LogP contribution is -2.27. The van der Waals surface area contributed by atoms with E-state index in [2.05, 4.69) is 32.1 Å². The Morgan fingerprint density at radius 2 is 1.80 bits per heavy atom. The first-order valence-electron chi connectivity index (χ1n) is 7.58. The van der Waals surface area contributed by atoms with E-state index in [1.165, 1.54) is 32.1 Å². The predicted molar refractivity (Wildman–Crippen MR) is 78.3 cm³/mol. The van der Waals surface area contributed by atoms with E-state index in [0.29, 0.717) is 23.9 Å². The summed E-state index contributed by atoms with van der Waals surface area (Å²) in [5.74, 6) is 2.10. The highest BCUT2D eigenvalue weighted by Crippen LogP contribution is 2.32. The highest BCUT2D eigenvalue weighted by Gasteiger charge is 2.33. The molecule has 1 aliphatic carbocycles. The molecule has 1 aromatic heterocycles. The maximum atomic E-state index is 5.22. The fourth-order valence-corrected chi connectivity index (χ4v) is 2.60. The molecule has 1 aliphatic heterocycles. The lowest BCUT2D eigenvalue weighted by atomic mass is 10.2. The van der Waals surface area contributed by atoms with E-state index in [0.717, 1.165) is 19.0 Å². The average Bonchev–Trinajstić information content (AvgIpc) is 3.20. The SMILES string of the molecule is COc1nc(N[C@@H]2C[C@H]2C)nc(N2CCCCCC2)n1. The van der Waals surface area contributed by atoms with Gasteiger partial charge in [-0.05, 0) is 25.2 Å². The lowest BCUT2D eigenvalue weighted by molar-refractivity contribution is 0.378. The summed E-state index contributed by atoms with van der Waals surface area (Å²) in [6, 6.07) is 0.897. The largest absolute Gasteiger partial charge is 0.467 e. The van der Waals surface area contributed by atoms with Gasteiger partial charge in [-0.15, -0.1) is 0 Å². The molecule has 0 spiro atoms. The molecule has 1 N–H and O–H groups in total. The van der Waals surface area contributed by atoms with Crippen LogP contribution in [0.3, 0.4) is 0 Å². The van der Waals surface area contributed by atoms with Gasteiger partial charge in [-0.25, -0.2) is 0 Å². The fraction of sp³-hybridized carbons (Fsp3) is 0.786. The summed E-state index contributed by atoms with van der Waals surface area (Å²) in [4.78, 5) is 15.5. The molecule has 2 aliphatic rings. The molecule has 0 aromatic carbocycles. The van der Waals surface area contributed by atoms with Crippen LogP contribution < -0.4 is 15.0 Å². The van der Waals surface area contributed by atoms with Crippen molar-refractivity contribution in [2.75, 3.05) is 30.4 Å². The van der Waals surface area contributed by atoms with Gasteiger partial charge in [0.15, 0.2) is 0 Å². The molecule has 20 heavy (non-hydrogen) atoms. The van der Waals surface area contributed by atoms with Gasteiger partial charge in [0.1, 0.15) is 0 Å². The van der Waals surface area contributed by atoms with Gasteiger partial charge in [-0.2, -0.15) is 15.0 Å². The minimum Gasteiger partial charge on any atom is -0.467 e. The summed E-state index contributed by atoms with van der Waals surface area (Å²) in [5, 5.41) is 3.37. The molecule has 0 amide bonds. The third-order valence-electron chi connectivity index (χ3n) is 4.10. The van der Waals surface area contributed by atoms with Crippen LogP contribution in [0.1, 0.15) is 39.0 Å². The Kier molecular flexibility index (Phi) is 3.89. The molecule has 3 rings (SSSR count). The van der Waals surface area contributed by atoms with Crippen LogP contribution in [0, 0.1) is 5.92 Å². The smallest absolute Gasteiger partial charge is 0.322 e. The normalized spacial score (nSPS) is 26.0. The first kappa shape index (κ1) is 13.4. The highest BCUT2D eigenvalue weighted by molar-refractivity contribution is 5.40. The van der Waals surface area contributed by atoms with Gasteiger partial charge in [0.05, 0.1) is 7.11 Å². The minimum absolute atomic E-state index is 0.398. The molecule has 0 radical (unpaired) electrons. The van der Waals surface area contributed by atoms with Crippen molar-refractivity contribution in [3.8, 4) is 6.01 Å². The van der Waals surface area contributed by atoms with E-state index in [-0.39, 0.29) is 0 Å². The second-order valence-electron chi connectivity index (χ2n) is 5.81. The Morgan fingerprint density at radius 3 is 2.40 bits per heavy atom. The number of hydrogen-bond donors (Lipinski definition) is 1. The van der Waals surface area contributed by atoms with Gasteiger partial charge in [-0.3, -0.25) is 0 Å². The van der Waals surface area contributed by atoms with Crippen molar-refractivity contribution >= 4 is 11.9 Å². The first-order valence-corrected chi connectivity index (χ1v) is 7.58. The van der Waals surface area contributed by atoms with Crippen molar-refractivity contribution in [3.63, 3.8) is 0 Å². The van der Waals surface area contributed by atoms with E-state index in [1.54, 1.807) is 7.11 Å². The molecule has 110 valence electrons. The number of ether oxygens (including phenoxy) is 1. The van der Waals surface area contributed by atoms with Crippen LogP contribution in [0.15, 0.2) is 0 Å². The number of anilines is 2. The van der Waals surface area contributed by atoms with Crippen LogP contribution in [0.4, 0.5) is 11.9 Å². The molecule has 1 saturated heterocycles. The molecular formula is C14H23N5O. The van der Waals surface area contributed by atoms with Crippen molar-refractivity contribution < 1.29 is 4.74 Å². The molecule has 2 fully saturated rings. The maximum absolute atomic E-state index is 5.22. The zero-order chi connectivity index (χ0) is 13.9. The summed E-state index contributed by atoms with van der Waals surface area (Å²) in [6.07, 6.45) is 6.19. The van der Waals surface area contributed by atoms with Crippen LogP contribution in [0.5, 0.6) is 6.01 Å². The topological polar surface area (TPSA) is 63.2 Å². The number of rotatable bonds is 4. The Morgan fingerprint density at radius 1 is 1.10 bits per heavy atom. The second-order valence-corrected chi connectivity index (χ2v) is 5.81. The van der Waals surface area contributed by atoms with E-state index < -0.39 is 0 Å². The van der Waals surface area contributed by atoms with Gasteiger partial charge in [-0.1, -0.05) is 19.8 Å². The lowest BCUT2D eigenvalue weighted by Gasteiger charge is -2.20. The van der Waals surface area contributed by atoms with E-state index in [9.17, 15) is 0 Å². The molecule has 0 bridgehead atoms. The van der Waals surface area contributed by atoms with Gasteiger partial charge in [0, 0.05) is 19.1 Å². The van der Waals surface area contributed by atoms with Crippen molar-refractivity contribution in [2.24, 2.45) is 5.92 Å². The number of nitrogens with one attached hydrogen (secondary N) is 1. The Labute approximate surface area is 120 Å². The maximum Gasteiger partial charge on any atom is 0.322 e. The van der Waals surface area contributed by atoms with Crippen LogP contribution in [-0.2, 0) is 0 Å². The van der Waals surface area contributed by atoms with Gasteiger partial charge < -0.3 is 15.0 Å². The van der Waals surface area contributed by atoms with Crippen molar-refractivity contribution in [3.05, 3.63) is 0 Å². The van der Waals surface area contributed by atoms with Crippen LogP contribution in [-0.4, -0.2) is 41.2 Å². The third-order valence-corrected chi connectivity index (χ3v) is 4.10. The number of nitrogens with zero attached hydrogens (tertiary/aromatic N) is 4. The third kappa shape index (κ3) is 3.11. The van der Waals surface area contributed by atoms with E-state index >= 15 is 0 Å². The molecular weight excluding hydrogens is 254 g/mol. The molecule has 1 saturated carbocycles. The van der Waals surface area contributed by atoms with Gasteiger partial charge in [0.25, 0.3) is 0 Å². The van der Waals surface area contributed by atoms with E-state index in [4.69, 9.17) is 4.74 Å². The highest BCUT2D eigenvalue weighted by atomic mass is 16.5. The molecule has 1 aromatic rings. The summed E-state index contributed by atoms with van der Waals surface area (Å²) >= 11 is 0. The summed E-state index contributed by atoms with van der Waals surface area (Å²) in [6.45, 7) is 4.27. The molecule has 6 heteroatoms. The molecule has 0 unspecified atom stereocenters. The van der Waals surface area contributed by atoms with Crippen molar-refractivity contribution in [2.45, 2.75) is 45.1 Å². The monoisotopic (exact) mass is 277 g/mol. The zero-order valence-electron chi connectivity index (χ0n) is 12.3. The second kappa shape index (κ2) is 5.81. The predicted octanol–water partition coefficient (Wildman–Crippen LogP) is 2.08. The van der Waals surface area contributed by atoms with Gasteiger partial charge in [0.2, 0.25) is 11.9 Å². The first-order chi connectivity index (χ1) is 9.76. The quantitative estimate of drug-likeness (QED) is 0.909. The Balaban J connectivity index is 1.79. The number of hydrogen-bond acceptors (Lipinski definition) is 6. The standard InChI is InChI=1S/C14H23N5O/c1-10-9-11(10)15-12-16-13(18-14(17-12)20-2)19-7-5-3-4-6-8-19/h10-11H,3-9H2,1-2H3,(H,15,16,17,18)/t10-,11-/m1/s1. The van der Waals surface area contributed by atoms with Crippen LogP contribution in [0.2, 0.25) is 0 Å². The molecule has 6 nitrogen and oxygen atoms in total. The fourth-order valence-electron chi connectivity index (χ4n) is 2.60. The molecule has 2 heterocycles. The number of methoxy groups -OCH3 is 1. The Bertz CT molecular complexity index is 459. The minimum atomic E-state index is 0.398. The molecule has 2 atom stereocenters. The number of aromatic nitrogens is 3. The van der Waals surface area contributed by atoms with Crippen molar-refractivity contribution in [1.29, 1.82) is 0 Å². The van der Waals surface area contributed by atoms with Crippen LogP contribution in [0.25, 0.3) is 0 Å². The van der Waals surface area contributed by atoms with E-state index in [1.807, 2.05) is 0 Å². The van der Waals surface area contributed by atoms with Gasteiger partial charge >= 0.3 is 6.01 Å². The van der Waals surface area contributed by atoms with Crippen molar-refractivity contribution in [1.82, 2.24) is 15.0 Å².